The normalized spacial score (nSPS) is 11.7. The molecule has 0 aliphatic carbocycles. The first-order chi connectivity index (χ1) is 30.1. The number of carbonyl (C=O) groups is 1. The van der Waals surface area contributed by atoms with Crippen molar-refractivity contribution in [1.82, 2.24) is 0 Å². The summed E-state index contributed by atoms with van der Waals surface area (Å²) in [5.74, 6) is -0.232. The Hall–Kier alpha value is -2.61. The summed E-state index contributed by atoms with van der Waals surface area (Å²) in [5.41, 5.74) is -0.474. The third-order valence-corrected chi connectivity index (χ3v) is 52.3. The van der Waals surface area contributed by atoms with E-state index in [0.717, 1.165) is 6.07 Å². The summed E-state index contributed by atoms with van der Waals surface area (Å²) in [6.07, 6.45) is 18.1. The summed E-state index contributed by atoms with van der Waals surface area (Å²) < 4.78 is 32.8. The maximum atomic E-state index is 12.4. The maximum Gasteiger partial charge on any atom is 0.349 e. The fourth-order valence-electron chi connectivity index (χ4n) is 7.71. The third kappa shape index (κ3) is 19.4. The summed E-state index contributed by atoms with van der Waals surface area (Å²) in [6, 6.07) is 15.2. The van der Waals surface area contributed by atoms with Gasteiger partial charge in [0.2, 0.25) is 5.43 Å². The molecule has 63 heavy (non-hydrogen) atoms. The molecule has 0 radical (unpaired) electrons. The number of rotatable bonds is 25. The molecule has 3 N–H and O–H groups in total. The van der Waals surface area contributed by atoms with Crippen molar-refractivity contribution >= 4 is 66.1 Å². The number of aromatic hydroxyl groups is 3. The largest absolute Gasteiger partial charge is 0.508 e. The second-order valence-electron chi connectivity index (χ2n) is 17.2. The molecule has 1 heterocycles. The Morgan fingerprint density at radius 3 is 1.51 bits per heavy atom. The molecule has 12 heteroatoms. The van der Waals surface area contributed by atoms with Crippen LogP contribution in [0.4, 0.5) is 0 Å². The first-order valence-corrected chi connectivity index (χ1v) is 38.5. The van der Waals surface area contributed by atoms with E-state index in [9.17, 15) is 24.9 Å². The van der Waals surface area contributed by atoms with E-state index in [-0.39, 0.29) is 39.8 Å². The van der Waals surface area contributed by atoms with Gasteiger partial charge >= 0.3 is 190 Å². The van der Waals surface area contributed by atoms with Crippen LogP contribution in [-0.2, 0) is 10.9 Å². The van der Waals surface area contributed by atoms with Crippen LogP contribution in [0.5, 0.6) is 23.0 Å². The second-order valence-corrected chi connectivity index (χ2v) is 44.2. The van der Waals surface area contributed by atoms with Crippen LogP contribution >= 0.6 is 11.6 Å². The first kappa shape index (κ1) is 56.5. The molecule has 0 amide bonds. The molecule has 4 rings (SSSR count). The number of halogens is 1. The van der Waals surface area contributed by atoms with Crippen molar-refractivity contribution in [2.45, 2.75) is 172 Å². The van der Waals surface area contributed by atoms with Gasteiger partial charge in [-0.25, -0.2) is 4.79 Å². The van der Waals surface area contributed by atoms with Gasteiger partial charge < -0.3 is 29.2 Å². The molecule has 0 atom stereocenters. The standard InChI is InChI=1S/C15H10O5.C12H15ClO3.6C4H9.O.2Sn/c16-9-3-1-8(2-4-9)11-7-20-13-6-10(17)5-12(18)14(13)15(11)19;1-4-15-11(14)12(2,3)16-10-7-5-9(13)6-8-10;6*1-3-4-2;;;/h1-7,16-18H;5-8H,4H2,1-3H3;6*1,3-4H2,2H3;;;. The van der Waals surface area contributed by atoms with Crippen LogP contribution in [0.3, 0.4) is 0 Å². The van der Waals surface area contributed by atoms with Gasteiger partial charge in [-0.1, -0.05) is 23.7 Å². The van der Waals surface area contributed by atoms with Gasteiger partial charge in [0, 0.05) is 17.2 Å². The monoisotopic (exact) mass is 1110 g/mol. The number of carbonyl (C=O) groups excluding carboxylic acids is 1. The smallest absolute Gasteiger partial charge is 0.349 e. The van der Waals surface area contributed by atoms with Gasteiger partial charge in [0.15, 0.2) is 5.60 Å². The van der Waals surface area contributed by atoms with Crippen molar-refractivity contribution in [3.63, 3.8) is 0 Å². The van der Waals surface area contributed by atoms with Gasteiger partial charge in [0.05, 0.1) is 12.2 Å². The van der Waals surface area contributed by atoms with Crippen LogP contribution in [0.25, 0.3) is 22.1 Å². The quantitative estimate of drug-likeness (QED) is 0.0438. The van der Waals surface area contributed by atoms with Crippen molar-refractivity contribution in [3.05, 3.63) is 82.2 Å². The summed E-state index contributed by atoms with van der Waals surface area (Å²) in [5, 5.41) is 29.0. The molecule has 0 fully saturated rings. The number of hydrogen-bond donors (Lipinski definition) is 3. The summed E-state index contributed by atoms with van der Waals surface area (Å²) in [7, 11) is 0. The van der Waals surface area contributed by atoms with E-state index in [1.807, 2.05) is 0 Å². The number of benzene rings is 3. The molecule has 3 aromatic carbocycles. The molecule has 1 aromatic heterocycles. The van der Waals surface area contributed by atoms with Crippen molar-refractivity contribution in [3.8, 4) is 34.1 Å². The number of ether oxygens (including phenoxy) is 2. The SMILES string of the molecule is CCC[CH2][Sn]([CH2]CCC)([CH2]CCC)[O][Sn]([CH2]CCC)([CH2]CCC)[CH2]CCC.CCOC(=O)C(C)(C)Oc1ccc(Cl)cc1.O=c1c(-c2ccc(O)cc2)coc2cc(O)cc(O)c12. The van der Waals surface area contributed by atoms with E-state index in [1.165, 1.54) is 128 Å². The molecule has 0 spiro atoms. The van der Waals surface area contributed by atoms with E-state index in [1.54, 1.807) is 57.2 Å². The molecular weight excluding hydrogens is 1030 g/mol. The minimum atomic E-state index is -2.46. The average molecular weight is 1110 g/mol. The van der Waals surface area contributed by atoms with Crippen molar-refractivity contribution in [2.75, 3.05) is 6.61 Å². The van der Waals surface area contributed by atoms with Crippen LogP contribution < -0.4 is 10.2 Å². The Labute approximate surface area is 393 Å². The zero-order valence-electron chi connectivity index (χ0n) is 40.0. The number of esters is 1. The van der Waals surface area contributed by atoms with Crippen LogP contribution in [0, 0.1) is 0 Å². The fourth-order valence-corrected chi connectivity index (χ4v) is 62.9. The molecular formula is C51H79ClO9Sn2. The first-order valence-electron chi connectivity index (χ1n) is 23.7. The van der Waals surface area contributed by atoms with Crippen LogP contribution in [0.15, 0.2) is 76.1 Å². The van der Waals surface area contributed by atoms with E-state index < -0.39 is 48.6 Å². The molecule has 0 saturated heterocycles. The van der Waals surface area contributed by atoms with Crippen molar-refractivity contribution in [1.29, 1.82) is 0 Å². The number of unbranched alkanes of at least 4 members (excludes halogenated alkanes) is 6. The van der Waals surface area contributed by atoms with Crippen LogP contribution in [0.2, 0.25) is 31.6 Å². The minimum absolute atomic E-state index is 0.00775. The Balaban J connectivity index is 0.000000336. The van der Waals surface area contributed by atoms with E-state index in [2.05, 4.69) is 41.5 Å². The van der Waals surface area contributed by atoms with E-state index in [0.29, 0.717) is 22.9 Å². The predicted octanol–water partition coefficient (Wildman–Crippen LogP) is 15.3. The maximum absolute atomic E-state index is 12.4. The Morgan fingerprint density at radius 2 is 1.10 bits per heavy atom. The molecule has 0 bridgehead atoms. The third-order valence-electron chi connectivity index (χ3n) is 11.3. The van der Waals surface area contributed by atoms with Gasteiger partial charge in [-0.15, -0.1) is 0 Å². The van der Waals surface area contributed by atoms with Gasteiger partial charge in [-0.3, -0.25) is 4.79 Å². The molecule has 0 saturated carbocycles. The van der Waals surface area contributed by atoms with Crippen LogP contribution in [0.1, 0.15) is 139 Å². The van der Waals surface area contributed by atoms with Gasteiger partial charge in [-0.05, 0) is 62.7 Å². The molecule has 4 aromatic rings. The predicted molar refractivity (Wildman–Crippen MR) is 267 cm³/mol. The molecule has 0 aliphatic rings. The van der Waals surface area contributed by atoms with Gasteiger partial charge in [0.25, 0.3) is 0 Å². The Bertz CT molecular complexity index is 1870. The molecule has 0 unspecified atom stereocenters. The Morgan fingerprint density at radius 1 is 0.651 bits per heavy atom. The summed E-state index contributed by atoms with van der Waals surface area (Å²) in [6.45, 7) is 19.8. The van der Waals surface area contributed by atoms with Gasteiger partial charge in [0.1, 0.15) is 40.2 Å². The zero-order valence-corrected chi connectivity index (χ0v) is 46.4. The Kier molecular flexibility index (Phi) is 26.8. The second kappa shape index (κ2) is 29.8. The number of phenols is 3. The van der Waals surface area contributed by atoms with Crippen LogP contribution in [-0.4, -0.2) is 71.1 Å². The molecule has 9 nitrogen and oxygen atoms in total. The zero-order chi connectivity index (χ0) is 46.9. The van der Waals surface area contributed by atoms with E-state index >= 15 is 0 Å². The number of phenolic OH excluding ortho intramolecular Hbond substituents is 3. The summed E-state index contributed by atoms with van der Waals surface area (Å²) in [4.78, 5) is 23.9. The fraction of sp³-hybridized carbons (Fsp3) is 0.569. The molecule has 0 aliphatic heterocycles. The van der Waals surface area contributed by atoms with E-state index in [4.69, 9.17) is 26.9 Å². The number of hydrogen-bond acceptors (Lipinski definition) is 9. The number of fused-ring (bicyclic) bond motifs is 1. The topological polar surface area (TPSA) is 136 Å². The van der Waals surface area contributed by atoms with Crippen molar-refractivity contribution < 1.29 is 35.4 Å². The van der Waals surface area contributed by atoms with Gasteiger partial charge in [-0.2, -0.15) is 0 Å². The average Bonchev–Trinajstić information content (AvgIpc) is 3.26. The van der Waals surface area contributed by atoms with Crippen molar-refractivity contribution in [2.24, 2.45) is 0 Å². The molecule has 352 valence electrons. The minimum Gasteiger partial charge on any atom is -0.508 e. The summed E-state index contributed by atoms with van der Waals surface area (Å²) >= 11 is 0.824.